The van der Waals surface area contributed by atoms with Crippen LogP contribution in [0.25, 0.3) is 5.52 Å². The Labute approximate surface area is 218 Å². The van der Waals surface area contributed by atoms with Crippen molar-refractivity contribution in [3.63, 3.8) is 0 Å². The van der Waals surface area contributed by atoms with Gasteiger partial charge in [-0.2, -0.15) is 23.0 Å². The molecule has 1 fully saturated rings. The number of aryl methyl sites for hydroxylation is 1. The van der Waals surface area contributed by atoms with Gasteiger partial charge in [0, 0.05) is 34.9 Å². The lowest BCUT2D eigenvalue weighted by molar-refractivity contribution is -0.385. The fourth-order valence-electron chi connectivity index (χ4n) is 3.94. The van der Waals surface area contributed by atoms with Gasteiger partial charge in [0.25, 0.3) is 15.7 Å². The highest BCUT2D eigenvalue weighted by atomic mass is 79.9. The lowest BCUT2D eigenvalue weighted by atomic mass is 10.1. The number of nitrogens with zero attached hydrogens (tertiary/aromatic N) is 6. The minimum atomic E-state index is -4.14. The lowest BCUT2D eigenvalue weighted by Gasteiger charge is -2.28. The smallest absolute Gasteiger partial charge is 0.279 e. The second-order valence-corrected chi connectivity index (χ2v) is 10.9. The molecule has 1 aliphatic heterocycles. The number of halogens is 2. The van der Waals surface area contributed by atoms with Gasteiger partial charge >= 0.3 is 0 Å². The third kappa shape index (κ3) is 6.18. The molecule has 0 radical (unpaired) electrons. The Morgan fingerprint density at radius 1 is 1.23 bits per heavy atom. The number of pyridine rings is 1. The van der Waals surface area contributed by atoms with E-state index in [-0.39, 0.29) is 29.5 Å². The number of sulfonamides is 1. The summed E-state index contributed by atoms with van der Waals surface area (Å²) in [4.78, 5) is 12.8. The van der Waals surface area contributed by atoms with Crippen LogP contribution >= 0.6 is 28.3 Å². The number of fused-ring (bicyclic) bond motifs is 1. The van der Waals surface area contributed by atoms with Crippen LogP contribution < -0.4 is 0 Å². The molecule has 3 aromatic rings. The number of nitro groups is 1. The summed E-state index contributed by atoms with van der Waals surface area (Å²) in [6.45, 7) is 4.09. The molecule has 0 atom stereocenters. The van der Waals surface area contributed by atoms with Crippen LogP contribution in [0.2, 0.25) is 0 Å². The Morgan fingerprint density at radius 2 is 1.97 bits per heavy atom. The first-order valence-electron chi connectivity index (χ1n) is 10.9. The van der Waals surface area contributed by atoms with Gasteiger partial charge < -0.3 is 4.90 Å². The summed E-state index contributed by atoms with van der Waals surface area (Å²) in [6.07, 6.45) is 8.20. The number of hydrogen-bond donors (Lipinski definition) is 0. The first-order valence-corrected chi connectivity index (χ1v) is 13.2. The van der Waals surface area contributed by atoms with Gasteiger partial charge in [-0.05, 0) is 50.6 Å². The Kier molecular flexibility index (Phi) is 8.86. The fourth-order valence-corrected chi connectivity index (χ4v) is 5.74. The molecule has 0 amide bonds. The van der Waals surface area contributed by atoms with Crippen molar-refractivity contribution in [2.75, 3.05) is 26.2 Å². The summed E-state index contributed by atoms with van der Waals surface area (Å²) >= 11 is 3.44. The first kappa shape index (κ1) is 27.1. The SMILES string of the molecule is Cc1ccc([N+](=O)[O-])cc1S(=O)(=O)N(CCN1CCCCC1)N=Cc1cnn2ccc(Br)cc12.Cl. The molecule has 0 N–H and O–H groups in total. The summed E-state index contributed by atoms with van der Waals surface area (Å²) in [5.41, 5.74) is 1.55. The van der Waals surface area contributed by atoms with Gasteiger partial charge in [-0.3, -0.25) is 10.1 Å². The minimum Gasteiger partial charge on any atom is -0.301 e. The zero-order valence-corrected chi connectivity index (χ0v) is 22.3. The van der Waals surface area contributed by atoms with Crippen LogP contribution in [0.4, 0.5) is 5.69 Å². The fraction of sp³-hybridized carbons (Fsp3) is 0.364. The zero-order valence-electron chi connectivity index (χ0n) is 19.1. The van der Waals surface area contributed by atoms with E-state index < -0.39 is 14.9 Å². The molecule has 0 aliphatic carbocycles. The van der Waals surface area contributed by atoms with Crippen LogP contribution in [0.15, 0.2) is 57.2 Å². The summed E-state index contributed by atoms with van der Waals surface area (Å²) in [5, 5.41) is 19.9. The molecular weight excluding hydrogens is 560 g/mol. The maximum absolute atomic E-state index is 13.6. The van der Waals surface area contributed by atoms with Gasteiger partial charge in [-0.15, -0.1) is 12.4 Å². The monoisotopic (exact) mass is 584 g/mol. The second kappa shape index (κ2) is 11.5. The first-order chi connectivity index (χ1) is 16.3. The van der Waals surface area contributed by atoms with Gasteiger partial charge in [-0.25, -0.2) is 4.52 Å². The molecule has 0 unspecified atom stereocenters. The van der Waals surface area contributed by atoms with Crippen molar-refractivity contribution in [2.24, 2.45) is 5.10 Å². The van der Waals surface area contributed by atoms with Crippen molar-refractivity contribution < 1.29 is 13.3 Å². The highest BCUT2D eigenvalue weighted by Gasteiger charge is 2.28. The van der Waals surface area contributed by atoms with Crippen LogP contribution in [-0.4, -0.2) is 64.7 Å². The van der Waals surface area contributed by atoms with Gasteiger partial charge in [0.2, 0.25) is 0 Å². The Morgan fingerprint density at radius 3 is 2.69 bits per heavy atom. The number of likely N-dealkylation sites (tertiary alicyclic amines) is 1. The van der Waals surface area contributed by atoms with Crippen LogP contribution in [0.1, 0.15) is 30.4 Å². The zero-order chi connectivity index (χ0) is 24.3. The number of non-ortho nitro benzene ring substituents is 1. The van der Waals surface area contributed by atoms with Crippen molar-refractivity contribution in [1.82, 2.24) is 18.9 Å². The molecule has 1 aromatic carbocycles. The maximum Gasteiger partial charge on any atom is 0.279 e. The number of nitro benzene ring substituents is 1. The molecule has 4 rings (SSSR count). The second-order valence-electron chi connectivity index (χ2n) is 8.18. The third-order valence-electron chi connectivity index (χ3n) is 5.83. The predicted octanol–water partition coefficient (Wildman–Crippen LogP) is 4.25. The number of aromatic nitrogens is 2. The highest BCUT2D eigenvalue weighted by molar-refractivity contribution is 9.10. The van der Waals surface area contributed by atoms with E-state index in [0.717, 1.165) is 46.4 Å². The van der Waals surface area contributed by atoms with E-state index in [0.29, 0.717) is 17.7 Å². The van der Waals surface area contributed by atoms with Gasteiger partial charge in [0.1, 0.15) is 0 Å². The number of piperidine rings is 1. The van der Waals surface area contributed by atoms with Crippen LogP contribution in [0.3, 0.4) is 0 Å². The Bertz CT molecular complexity index is 1340. The van der Waals surface area contributed by atoms with E-state index in [4.69, 9.17) is 0 Å². The Balaban J connectivity index is 0.00000342. The van der Waals surface area contributed by atoms with Gasteiger partial charge in [0.15, 0.2) is 0 Å². The van der Waals surface area contributed by atoms with Crippen molar-refractivity contribution in [3.8, 4) is 0 Å². The molecular formula is C22H26BrClN6O4S. The van der Waals surface area contributed by atoms with Crippen LogP contribution in [-0.2, 0) is 10.0 Å². The summed E-state index contributed by atoms with van der Waals surface area (Å²) < 4.78 is 30.8. The molecule has 10 nitrogen and oxygen atoms in total. The van der Waals surface area contributed by atoms with E-state index >= 15 is 0 Å². The summed E-state index contributed by atoms with van der Waals surface area (Å²) in [6, 6.07) is 7.56. The van der Waals surface area contributed by atoms with Crippen molar-refractivity contribution in [2.45, 2.75) is 31.1 Å². The van der Waals surface area contributed by atoms with E-state index in [1.54, 1.807) is 23.8 Å². The van der Waals surface area contributed by atoms with Crippen molar-refractivity contribution in [3.05, 3.63) is 68.4 Å². The van der Waals surface area contributed by atoms with E-state index in [1.165, 1.54) is 24.8 Å². The van der Waals surface area contributed by atoms with E-state index in [1.807, 2.05) is 12.1 Å². The number of hydrazone groups is 1. The van der Waals surface area contributed by atoms with Crippen molar-refractivity contribution >= 4 is 55.8 Å². The molecule has 188 valence electrons. The summed E-state index contributed by atoms with van der Waals surface area (Å²) in [7, 11) is -4.14. The number of rotatable bonds is 8. The van der Waals surface area contributed by atoms with Crippen molar-refractivity contribution in [1.29, 1.82) is 0 Å². The molecule has 35 heavy (non-hydrogen) atoms. The maximum atomic E-state index is 13.6. The highest BCUT2D eigenvalue weighted by Crippen LogP contribution is 2.25. The minimum absolute atomic E-state index is 0. The van der Waals surface area contributed by atoms with Gasteiger partial charge in [0.05, 0.1) is 34.3 Å². The third-order valence-corrected chi connectivity index (χ3v) is 8.15. The molecule has 0 saturated carbocycles. The number of hydrogen-bond acceptors (Lipinski definition) is 7. The average molecular weight is 586 g/mol. The van der Waals surface area contributed by atoms with Crippen LogP contribution in [0, 0.1) is 17.0 Å². The molecule has 0 spiro atoms. The largest absolute Gasteiger partial charge is 0.301 e. The van der Waals surface area contributed by atoms with E-state index in [2.05, 4.69) is 31.0 Å². The van der Waals surface area contributed by atoms with E-state index in [9.17, 15) is 18.5 Å². The lowest BCUT2D eigenvalue weighted by Crippen LogP contribution is -2.38. The molecule has 3 heterocycles. The average Bonchev–Trinajstić information content (AvgIpc) is 3.21. The standard InChI is InChI=1S/C22H25BrN6O4S.ClH/c1-17-5-6-20(29(30)31)14-22(17)34(32,33)28(12-11-26-8-3-2-4-9-26)25-16-18-15-24-27-10-7-19(23)13-21(18)27;/h5-7,10,13-16H,2-4,8-9,11-12H2,1H3;1H. The normalized spacial score (nSPS) is 14.8. The summed E-state index contributed by atoms with van der Waals surface area (Å²) in [5.74, 6) is 0. The Hall–Kier alpha value is -2.54. The topological polar surface area (TPSA) is 113 Å². The predicted molar refractivity (Wildman–Crippen MR) is 140 cm³/mol. The molecule has 2 aromatic heterocycles. The number of benzene rings is 1. The van der Waals surface area contributed by atoms with Gasteiger partial charge in [-0.1, -0.05) is 28.4 Å². The molecule has 1 aliphatic rings. The van der Waals surface area contributed by atoms with Crippen LogP contribution in [0.5, 0.6) is 0 Å². The molecule has 0 bridgehead atoms. The molecule has 13 heteroatoms. The molecule has 1 saturated heterocycles. The quantitative estimate of drug-likeness (QED) is 0.222.